The first-order valence-electron chi connectivity index (χ1n) is 8.27. The van der Waals surface area contributed by atoms with E-state index in [0.29, 0.717) is 10.7 Å². The minimum absolute atomic E-state index is 0.0731. The molecule has 1 saturated heterocycles. The highest BCUT2D eigenvalue weighted by Gasteiger charge is 2.34. The fourth-order valence-corrected chi connectivity index (χ4v) is 3.31. The van der Waals surface area contributed by atoms with Crippen LogP contribution in [0.2, 0.25) is 0 Å². The van der Waals surface area contributed by atoms with Gasteiger partial charge in [-0.3, -0.25) is 19.3 Å². The van der Waals surface area contributed by atoms with E-state index >= 15 is 0 Å². The Morgan fingerprint density at radius 1 is 1.07 bits per heavy atom. The van der Waals surface area contributed by atoms with Crippen molar-refractivity contribution >= 4 is 35.0 Å². The number of carbonyl (C=O) groups excluding carboxylic acids is 2. The molecule has 3 rings (SSSR count). The third-order valence-electron chi connectivity index (χ3n) is 3.82. The summed E-state index contributed by atoms with van der Waals surface area (Å²) in [6.07, 6.45) is 1.59. The first-order chi connectivity index (χ1) is 13.0. The normalized spacial score (nSPS) is 15.4. The summed E-state index contributed by atoms with van der Waals surface area (Å²) >= 11 is 0.919. The fourth-order valence-electron chi connectivity index (χ4n) is 2.47. The summed E-state index contributed by atoms with van der Waals surface area (Å²) < 4.78 is 5.33. The molecule has 138 valence electrons. The Morgan fingerprint density at radius 3 is 2.44 bits per heavy atom. The standard InChI is InChI=1S/C20H17NO5S/c22-18(23)10-11-26-16-8-6-14(7-9-16)12-17-19(24)21(20(25)27-17)13-15-4-2-1-3-5-15/h1-9,12H,10-11,13H2,(H,22,23)/b17-12+. The first-order valence-corrected chi connectivity index (χ1v) is 9.08. The quantitative estimate of drug-likeness (QED) is 0.733. The zero-order chi connectivity index (χ0) is 19.2. The van der Waals surface area contributed by atoms with Gasteiger partial charge in [-0.15, -0.1) is 0 Å². The largest absolute Gasteiger partial charge is 0.493 e. The number of amides is 2. The van der Waals surface area contributed by atoms with Crippen LogP contribution < -0.4 is 4.74 Å². The van der Waals surface area contributed by atoms with Crippen LogP contribution in [0.4, 0.5) is 4.79 Å². The maximum Gasteiger partial charge on any atom is 0.306 e. The highest BCUT2D eigenvalue weighted by Crippen LogP contribution is 2.33. The van der Waals surface area contributed by atoms with Gasteiger partial charge in [-0.25, -0.2) is 0 Å². The van der Waals surface area contributed by atoms with Gasteiger partial charge in [0.05, 0.1) is 24.5 Å². The Labute approximate surface area is 160 Å². The lowest BCUT2D eigenvalue weighted by Crippen LogP contribution is -2.27. The molecule has 0 spiro atoms. The van der Waals surface area contributed by atoms with Crippen LogP contribution in [0.3, 0.4) is 0 Å². The Balaban J connectivity index is 1.65. The number of carboxylic acid groups (broad SMARTS) is 1. The van der Waals surface area contributed by atoms with Crippen LogP contribution in [0.15, 0.2) is 59.5 Å². The molecular formula is C20H17NO5S. The molecule has 0 aromatic heterocycles. The van der Waals surface area contributed by atoms with Gasteiger partial charge in [0, 0.05) is 0 Å². The van der Waals surface area contributed by atoms with Crippen LogP contribution >= 0.6 is 11.8 Å². The number of aliphatic carboxylic acids is 1. The van der Waals surface area contributed by atoms with E-state index in [1.807, 2.05) is 30.3 Å². The number of carbonyl (C=O) groups is 3. The lowest BCUT2D eigenvalue weighted by atomic mass is 10.2. The number of carboxylic acids is 1. The Hall–Kier alpha value is -3.06. The summed E-state index contributed by atoms with van der Waals surface area (Å²) in [5.41, 5.74) is 1.65. The van der Waals surface area contributed by atoms with Crippen molar-refractivity contribution < 1.29 is 24.2 Å². The molecule has 0 bridgehead atoms. The van der Waals surface area contributed by atoms with Gasteiger partial charge < -0.3 is 9.84 Å². The topological polar surface area (TPSA) is 83.9 Å². The van der Waals surface area contributed by atoms with Crippen LogP contribution in [-0.2, 0) is 16.1 Å². The summed E-state index contributed by atoms with van der Waals surface area (Å²) in [5.74, 6) is -0.681. The lowest BCUT2D eigenvalue weighted by Gasteiger charge is -2.12. The zero-order valence-corrected chi connectivity index (χ0v) is 15.1. The van der Waals surface area contributed by atoms with Crippen molar-refractivity contribution in [3.8, 4) is 5.75 Å². The van der Waals surface area contributed by atoms with Gasteiger partial charge in [0.2, 0.25) is 0 Å². The molecule has 2 amide bonds. The van der Waals surface area contributed by atoms with Crippen molar-refractivity contribution in [3.05, 3.63) is 70.6 Å². The van der Waals surface area contributed by atoms with E-state index in [4.69, 9.17) is 9.84 Å². The molecule has 27 heavy (non-hydrogen) atoms. The molecule has 1 aliphatic heterocycles. The molecule has 2 aromatic rings. The van der Waals surface area contributed by atoms with Crippen molar-refractivity contribution in [2.45, 2.75) is 13.0 Å². The number of hydrogen-bond donors (Lipinski definition) is 1. The molecule has 7 heteroatoms. The second-order valence-corrected chi connectivity index (χ2v) is 6.81. The van der Waals surface area contributed by atoms with Gasteiger partial charge in [-0.05, 0) is 41.1 Å². The third-order valence-corrected chi connectivity index (χ3v) is 4.73. The maximum atomic E-state index is 12.5. The van der Waals surface area contributed by atoms with Crippen LogP contribution in [0.25, 0.3) is 6.08 Å². The number of rotatable bonds is 7. The third kappa shape index (κ3) is 4.98. The van der Waals surface area contributed by atoms with Gasteiger partial charge >= 0.3 is 5.97 Å². The van der Waals surface area contributed by atoms with Gasteiger partial charge in [0.15, 0.2) is 0 Å². The summed E-state index contributed by atoms with van der Waals surface area (Å²) in [7, 11) is 0. The lowest BCUT2D eigenvalue weighted by molar-refractivity contribution is -0.137. The number of imide groups is 1. The average Bonchev–Trinajstić information content (AvgIpc) is 2.91. The number of benzene rings is 2. The molecule has 0 radical (unpaired) electrons. The van der Waals surface area contributed by atoms with Crippen molar-refractivity contribution in [1.82, 2.24) is 4.90 Å². The van der Waals surface area contributed by atoms with E-state index in [1.165, 1.54) is 4.90 Å². The Morgan fingerprint density at radius 2 is 1.78 bits per heavy atom. The number of hydrogen-bond acceptors (Lipinski definition) is 5. The highest BCUT2D eigenvalue weighted by atomic mass is 32.2. The number of nitrogens with zero attached hydrogens (tertiary/aromatic N) is 1. The van der Waals surface area contributed by atoms with Crippen molar-refractivity contribution in [3.63, 3.8) is 0 Å². The number of ether oxygens (including phenoxy) is 1. The smallest absolute Gasteiger partial charge is 0.306 e. The molecule has 1 fully saturated rings. The van der Waals surface area contributed by atoms with Gasteiger partial charge in [-0.1, -0.05) is 42.5 Å². The van der Waals surface area contributed by atoms with Crippen molar-refractivity contribution in [2.75, 3.05) is 6.61 Å². The predicted molar refractivity (Wildman–Crippen MR) is 102 cm³/mol. The molecule has 0 saturated carbocycles. The van der Waals surface area contributed by atoms with E-state index in [1.54, 1.807) is 30.3 Å². The molecule has 1 heterocycles. The molecule has 6 nitrogen and oxygen atoms in total. The minimum atomic E-state index is -0.919. The second-order valence-electron chi connectivity index (χ2n) is 5.81. The maximum absolute atomic E-state index is 12.5. The Kier molecular flexibility index (Phi) is 5.93. The fraction of sp³-hybridized carbons (Fsp3) is 0.150. The number of thioether (sulfide) groups is 1. The monoisotopic (exact) mass is 383 g/mol. The van der Waals surface area contributed by atoms with E-state index in [-0.39, 0.29) is 30.7 Å². The van der Waals surface area contributed by atoms with Crippen LogP contribution in [0.5, 0.6) is 5.75 Å². The van der Waals surface area contributed by atoms with Gasteiger partial charge in [0.25, 0.3) is 11.1 Å². The summed E-state index contributed by atoms with van der Waals surface area (Å²) in [4.78, 5) is 36.8. The molecular weight excluding hydrogens is 366 g/mol. The predicted octanol–water partition coefficient (Wildman–Crippen LogP) is 3.78. The van der Waals surface area contributed by atoms with E-state index in [9.17, 15) is 14.4 Å². The molecule has 0 atom stereocenters. The van der Waals surface area contributed by atoms with E-state index < -0.39 is 5.97 Å². The summed E-state index contributed by atoms with van der Waals surface area (Å²) in [5, 5.41) is 8.31. The van der Waals surface area contributed by atoms with Crippen LogP contribution in [-0.4, -0.2) is 33.7 Å². The minimum Gasteiger partial charge on any atom is -0.493 e. The molecule has 1 aliphatic rings. The average molecular weight is 383 g/mol. The zero-order valence-electron chi connectivity index (χ0n) is 14.3. The molecule has 0 aliphatic carbocycles. The SMILES string of the molecule is O=C(O)CCOc1ccc(/C=C2/SC(=O)N(Cc3ccccc3)C2=O)cc1. The molecule has 0 unspecified atom stereocenters. The van der Waals surface area contributed by atoms with Crippen LogP contribution in [0.1, 0.15) is 17.5 Å². The van der Waals surface area contributed by atoms with Crippen molar-refractivity contribution in [2.24, 2.45) is 0 Å². The first kappa shape index (κ1) is 18.7. The summed E-state index contributed by atoms with van der Waals surface area (Å²) in [6, 6.07) is 16.2. The molecule has 1 N–H and O–H groups in total. The van der Waals surface area contributed by atoms with Gasteiger partial charge in [0.1, 0.15) is 5.75 Å². The second kappa shape index (κ2) is 8.55. The van der Waals surface area contributed by atoms with Crippen molar-refractivity contribution in [1.29, 1.82) is 0 Å². The highest BCUT2D eigenvalue weighted by molar-refractivity contribution is 8.18. The summed E-state index contributed by atoms with van der Waals surface area (Å²) in [6.45, 7) is 0.340. The van der Waals surface area contributed by atoms with E-state index in [2.05, 4.69) is 0 Å². The van der Waals surface area contributed by atoms with Gasteiger partial charge in [-0.2, -0.15) is 0 Å². The Bertz CT molecular complexity index is 877. The van der Waals surface area contributed by atoms with Crippen LogP contribution in [0, 0.1) is 0 Å². The molecule has 2 aromatic carbocycles. The van der Waals surface area contributed by atoms with E-state index in [0.717, 1.165) is 22.9 Å².